The van der Waals surface area contributed by atoms with Crippen LogP contribution in [0.2, 0.25) is 0 Å². The van der Waals surface area contributed by atoms with E-state index in [4.69, 9.17) is 4.74 Å². The maximum absolute atomic E-state index is 5.39. The summed E-state index contributed by atoms with van der Waals surface area (Å²) >= 11 is 1.85. The predicted octanol–water partition coefficient (Wildman–Crippen LogP) is 1.72. The van der Waals surface area contributed by atoms with Crippen LogP contribution in [0.1, 0.15) is 15.8 Å². The van der Waals surface area contributed by atoms with Crippen molar-refractivity contribution in [1.82, 2.24) is 5.32 Å². The Morgan fingerprint density at radius 2 is 2.50 bits per heavy atom. The molecule has 1 aromatic heterocycles. The summed E-state index contributed by atoms with van der Waals surface area (Å²) in [7, 11) is 0. The minimum absolute atomic E-state index is 0.428. The Balaban J connectivity index is 2.08. The minimum Gasteiger partial charge on any atom is -0.378 e. The van der Waals surface area contributed by atoms with Crippen LogP contribution >= 0.6 is 11.3 Å². The van der Waals surface area contributed by atoms with E-state index in [9.17, 15) is 0 Å². The number of aryl methyl sites for hydroxylation is 1. The van der Waals surface area contributed by atoms with Gasteiger partial charge in [-0.05, 0) is 19.1 Å². The van der Waals surface area contributed by atoms with Crippen molar-refractivity contribution >= 4 is 11.3 Å². The fraction of sp³-hybridized carbons (Fsp3) is 0.556. The van der Waals surface area contributed by atoms with Crippen molar-refractivity contribution in [2.45, 2.75) is 13.0 Å². The maximum atomic E-state index is 5.39. The van der Waals surface area contributed by atoms with Crippen molar-refractivity contribution in [1.29, 1.82) is 0 Å². The molecule has 2 rings (SSSR count). The lowest BCUT2D eigenvalue weighted by atomic mass is 10.2. The van der Waals surface area contributed by atoms with Crippen LogP contribution in [0.4, 0.5) is 0 Å². The minimum atomic E-state index is 0.428. The molecule has 1 fully saturated rings. The monoisotopic (exact) mass is 183 g/mol. The van der Waals surface area contributed by atoms with Crippen molar-refractivity contribution in [3.05, 3.63) is 21.9 Å². The molecule has 3 heteroatoms. The van der Waals surface area contributed by atoms with Gasteiger partial charge in [0.2, 0.25) is 0 Å². The highest BCUT2D eigenvalue weighted by atomic mass is 32.1. The molecule has 1 aliphatic heterocycles. The van der Waals surface area contributed by atoms with E-state index >= 15 is 0 Å². The summed E-state index contributed by atoms with van der Waals surface area (Å²) < 4.78 is 5.39. The van der Waals surface area contributed by atoms with Gasteiger partial charge in [-0.15, -0.1) is 11.3 Å². The van der Waals surface area contributed by atoms with E-state index in [1.54, 1.807) is 0 Å². The fourth-order valence-corrected chi connectivity index (χ4v) is 2.33. The normalized spacial score (nSPS) is 24.2. The van der Waals surface area contributed by atoms with Crippen LogP contribution in [-0.4, -0.2) is 19.8 Å². The first-order chi connectivity index (χ1) is 5.86. The van der Waals surface area contributed by atoms with Crippen LogP contribution in [0.25, 0.3) is 0 Å². The summed E-state index contributed by atoms with van der Waals surface area (Å²) in [5.74, 6) is 0. The van der Waals surface area contributed by atoms with E-state index < -0.39 is 0 Å². The second-order valence-corrected chi connectivity index (χ2v) is 4.35. The van der Waals surface area contributed by atoms with Gasteiger partial charge in [0.15, 0.2) is 0 Å². The zero-order valence-corrected chi connectivity index (χ0v) is 7.99. The molecular weight excluding hydrogens is 170 g/mol. The maximum Gasteiger partial charge on any atom is 0.0670 e. The van der Waals surface area contributed by atoms with E-state index in [-0.39, 0.29) is 0 Å². The molecule has 0 aromatic carbocycles. The van der Waals surface area contributed by atoms with Crippen LogP contribution in [-0.2, 0) is 4.74 Å². The van der Waals surface area contributed by atoms with Gasteiger partial charge in [0.25, 0.3) is 0 Å². The Morgan fingerprint density at radius 3 is 3.08 bits per heavy atom. The van der Waals surface area contributed by atoms with Gasteiger partial charge in [-0.25, -0.2) is 0 Å². The second-order valence-electron chi connectivity index (χ2n) is 3.03. The van der Waals surface area contributed by atoms with Crippen LogP contribution in [0, 0.1) is 6.92 Å². The Labute approximate surface area is 76.6 Å². The predicted molar refractivity (Wildman–Crippen MR) is 50.6 cm³/mol. The highest BCUT2D eigenvalue weighted by Crippen LogP contribution is 2.23. The Kier molecular flexibility index (Phi) is 2.44. The third-order valence-corrected chi connectivity index (χ3v) is 3.14. The summed E-state index contributed by atoms with van der Waals surface area (Å²) in [6.45, 7) is 4.78. The van der Waals surface area contributed by atoms with Crippen molar-refractivity contribution in [3.63, 3.8) is 0 Å². The zero-order chi connectivity index (χ0) is 8.39. The molecule has 0 aliphatic carbocycles. The molecule has 0 spiro atoms. The average Bonchev–Trinajstić information content (AvgIpc) is 2.54. The van der Waals surface area contributed by atoms with Gasteiger partial charge in [-0.1, -0.05) is 0 Å². The van der Waals surface area contributed by atoms with Gasteiger partial charge >= 0.3 is 0 Å². The van der Waals surface area contributed by atoms with Crippen molar-refractivity contribution < 1.29 is 4.74 Å². The highest BCUT2D eigenvalue weighted by Gasteiger charge is 2.15. The number of hydrogen-bond donors (Lipinski definition) is 1. The van der Waals surface area contributed by atoms with Crippen LogP contribution in [0.15, 0.2) is 12.1 Å². The molecule has 0 radical (unpaired) electrons. The Morgan fingerprint density at radius 1 is 1.58 bits per heavy atom. The third kappa shape index (κ3) is 1.68. The van der Waals surface area contributed by atoms with Gasteiger partial charge in [0.1, 0.15) is 0 Å². The van der Waals surface area contributed by atoms with Gasteiger partial charge in [0.05, 0.1) is 19.3 Å². The van der Waals surface area contributed by atoms with E-state index in [1.807, 2.05) is 11.3 Å². The molecule has 0 bridgehead atoms. The van der Waals surface area contributed by atoms with E-state index in [0.717, 1.165) is 19.8 Å². The largest absolute Gasteiger partial charge is 0.378 e. The summed E-state index contributed by atoms with van der Waals surface area (Å²) in [5.41, 5.74) is 0. The molecule has 2 nitrogen and oxygen atoms in total. The van der Waals surface area contributed by atoms with E-state index in [1.165, 1.54) is 9.75 Å². The Bertz CT molecular complexity index is 253. The van der Waals surface area contributed by atoms with Crippen LogP contribution in [0.3, 0.4) is 0 Å². The first-order valence-electron chi connectivity index (χ1n) is 4.24. The molecule has 1 aliphatic rings. The lowest BCUT2D eigenvalue weighted by Crippen LogP contribution is -2.33. The van der Waals surface area contributed by atoms with Crippen molar-refractivity contribution in [2.75, 3.05) is 19.8 Å². The number of thiophene rings is 1. The van der Waals surface area contributed by atoms with Crippen LogP contribution < -0.4 is 5.32 Å². The summed E-state index contributed by atoms with van der Waals surface area (Å²) in [5, 5.41) is 3.43. The summed E-state index contributed by atoms with van der Waals surface area (Å²) in [6, 6.07) is 4.78. The molecule has 1 aromatic rings. The lowest BCUT2D eigenvalue weighted by Gasteiger charge is -2.22. The van der Waals surface area contributed by atoms with Gasteiger partial charge in [-0.2, -0.15) is 0 Å². The molecule has 1 atom stereocenters. The van der Waals surface area contributed by atoms with Crippen molar-refractivity contribution in [2.24, 2.45) is 0 Å². The first kappa shape index (κ1) is 8.23. The molecule has 12 heavy (non-hydrogen) atoms. The number of hydrogen-bond acceptors (Lipinski definition) is 3. The third-order valence-electron chi connectivity index (χ3n) is 2.03. The molecule has 0 amide bonds. The molecule has 1 saturated heterocycles. The highest BCUT2D eigenvalue weighted by molar-refractivity contribution is 7.12. The number of nitrogens with one attached hydrogen (secondary N) is 1. The molecule has 0 unspecified atom stereocenters. The topological polar surface area (TPSA) is 21.3 Å². The standard InChI is InChI=1S/C9H13NOS/c1-7-2-3-9(12-7)8-6-11-5-4-10-8/h2-3,8,10H,4-6H2,1H3/t8-/m0/s1. The van der Waals surface area contributed by atoms with Crippen molar-refractivity contribution in [3.8, 4) is 0 Å². The number of morpholine rings is 1. The second kappa shape index (κ2) is 3.56. The lowest BCUT2D eigenvalue weighted by molar-refractivity contribution is 0.0779. The molecule has 1 N–H and O–H groups in total. The SMILES string of the molecule is Cc1ccc([C@@H]2COCCN2)s1. The summed E-state index contributed by atoms with van der Waals surface area (Å²) in [4.78, 5) is 2.77. The summed E-state index contributed by atoms with van der Waals surface area (Å²) in [6.07, 6.45) is 0. The number of ether oxygens (including phenoxy) is 1. The van der Waals surface area contributed by atoms with Gasteiger partial charge in [0, 0.05) is 16.3 Å². The van der Waals surface area contributed by atoms with Gasteiger partial charge in [-0.3, -0.25) is 0 Å². The van der Waals surface area contributed by atoms with E-state index in [0.29, 0.717) is 6.04 Å². The molecule has 66 valence electrons. The molecule has 0 saturated carbocycles. The smallest absolute Gasteiger partial charge is 0.0670 e. The molecular formula is C9H13NOS. The average molecular weight is 183 g/mol. The van der Waals surface area contributed by atoms with Gasteiger partial charge < -0.3 is 10.1 Å². The Hall–Kier alpha value is -0.380. The quantitative estimate of drug-likeness (QED) is 0.715. The first-order valence-corrected chi connectivity index (χ1v) is 5.05. The van der Waals surface area contributed by atoms with Crippen LogP contribution in [0.5, 0.6) is 0 Å². The number of rotatable bonds is 1. The molecule has 2 heterocycles. The van der Waals surface area contributed by atoms with E-state index in [2.05, 4.69) is 24.4 Å². The fourth-order valence-electron chi connectivity index (χ4n) is 1.39. The zero-order valence-electron chi connectivity index (χ0n) is 7.17.